The molecule has 2 amide bonds. The van der Waals surface area contributed by atoms with Crippen molar-refractivity contribution in [2.75, 3.05) is 23.4 Å². The molecule has 1 atom stereocenters. The van der Waals surface area contributed by atoms with Crippen LogP contribution in [0, 0.1) is 5.82 Å². The summed E-state index contributed by atoms with van der Waals surface area (Å²) in [6.07, 6.45) is -0.122. The lowest BCUT2D eigenvalue weighted by molar-refractivity contribution is -0.137. The van der Waals surface area contributed by atoms with E-state index in [2.05, 4.69) is 5.32 Å². The fourth-order valence-electron chi connectivity index (χ4n) is 2.07. The topological polar surface area (TPSA) is 69.6 Å². The van der Waals surface area contributed by atoms with Crippen molar-refractivity contribution in [2.24, 2.45) is 0 Å². The van der Waals surface area contributed by atoms with Crippen molar-refractivity contribution in [1.82, 2.24) is 4.90 Å². The normalized spacial score (nSPS) is 18.4. The van der Waals surface area contributed by atoms with Gasteiger partial charge in [0.05, 0.1) is 18.2 Å². The summed E-state index contributed by atoms with van der Waals surface area (Å²) in [6.45, 7) is 0.434. The molecular weight excluding hydrogens is 319 g/mol. The van der Waals surface area contributed by atoms with E-state index in [0.717, 1.165) is 11.8 Å². The number of carbonyl (C=O) groups is 2. The minimum absolute atomic E-state index is 0.0247. The second-order valence-electron chi connectivity index (χ2n) is 4.57. The first-order valence-electron chi connectivity index (χ1n) is 6.29. The molecule has 2 N–H and O–H groups in total. The number of halogens is 2. The molecule has 1 fully saturated rings. The number of carboxylic acid groups (broad SMARTS) is 1. The summed E-state index contributed by atoms with van der Waals surface area (Å²) in [7, 11) is 0. The summed E-state index contributed by atoms with van der Waals surface area (Å²) in [5.41, 5.74) is 0.0247. The molecule has 1 saturated heterocycles. The maximum atomic E-state index is 13.7. The van der Waals surface area contributed by atoms with Crippen LogP contribution < -0.4 is 5.32 Å². The quantitative estimate of drug-likeness (QED) is 0.893. The van der Waals surface area contributed by atoms with Gasteiger partial charge in [-0.1, -0.05) is 11.6 Å². The predicted octanol–water partition coefficient (Wildman–Crippen LogP) is 2.90. The Morgan fingerprint density at radius 2 is 2.29 bits per heavy atom. The second-order valence-corrected chi connectivity index (χ2v) is 6.16. The molecule has 114 valence electrons. The van der Waals surface area contributed by atoms with Crippen molar-refractivity contribution in [1.29, 1.82) is 0 Å². The van der Waals surface area contributed by atoms with Gasteiger partial charge in [-0.2, -0.15) is 11.8 Å². The Hall–Kier alpha value is -1.47. The van der Waals surface area contributed by atoms with Crippen molar-refractivity contribution in [3.8, 4) is 0 Å². The van der Waals surface area contributed by atoms with Crippen LogP contribution in [0.4, 0.5) is 14.9 Å². The Labute approximate surface area is 130 Å². The molecular formula is C13H14ClFN2O3S. The third-order valence-electron chi connectivity index (χ3n) is 3.07. The van der Waals surface area contributed by atoms with Gasteiger partial charge < -0.3 is 15.3 Å². The summed E-state index contributed by atoms with van der Waals surface area (Å²) in [4.78, 5) is 24.5. The first-order valence-corrected chi connectivity index (χ1v) is 7.83. The third kappa shape index (κ3) is 4.25. The molecule has 5 nitrogen and oxygen atoms in total. The minimum Gasteiger partial charge on any atom is -0.481 e. The summed E-state index contributed by atoms with van der Waals surface area (Å²) in [5.74, 6) is -0.301. The van der Waals surface area contributed by atoms with Crippen LogP contribution in [0.25, 0.3) is 0 Å². The lowest BCUT2D eigenvalue weighted by Crippen LogP contribution is -2.49. The van der Waals surface area contributed by atoms with Crippen molar-refractivity contribution in [2.45, 2.75) is 12.5 Å². The summed E-state index contributed by atoms with van der Waals surface area (Å²) < 4.78 is 13.7. The van der Waals surface area contributed by atoms with Crippen LogP contribution in [-0.2, 0) is 4.79 Å². The van der Waals surface area contributed by atoms with Crippen LogP contribution in [0.15, 0.2) is 18.2 Å². The summed E-state index contributed by atoms with van der Waals surface area (Å²) in [6, 6.07) is 3.07. The number of benzene rings is 1. The monoisotopic (exact) mass is 332 g/mol. The van der Waals surface area contributed by atoms with E-state index in [-0.39, 0.29) is 17.1 Å². The second kappa shape index (κ2) is 7.00. The van der Waals surface area contributed by atoms with Crippen LogP contribution in [0.1, 0.15) is 6.42 Å². The standard InChI is InChI=1S/C13H14ClFN2O3S/c14-8-1-2-11(10(15)5-8)16-13(20)17-3-4-21-7-9(17)6-12(18)19/h1-2,5,9H,3-4,6-7H2,(H,16,20)(H,18,19). The van der Waals surface area contributed by atoms with E-state index in [1.54, 1.807) is 11.8 Å². The van der Waals surface area contributed by atoms with Crippen LogP contribution in [0.5, 0.6) is 0 Å². The number of aliphatic carboxylic acids is 1. The third-order valence-corrected chi connectivity index (χ3v) is 4.40. The number of nitrogens with zero attached hydrogens (tertiary/aromatic N) is 1. The van der Waals surface area contributed by atoms with Gasteiger partial charge in [0.1, 0.15) is 5.82 Å². The minimum atomic E-state index is -0.960. The molecule has 0 aliphatic carbocycles. The van der Waals surface area contributed by atoms with Gasteiger partial charge in [-0.15, -0.1) is 0 Å². The number of carboxylic acids is 1. The zero-order valence-electron chi connectivity index (χ0n) is 11.0. The van der Waals surface area contributed by atoms with Crippen molar-refractivity contribution in [3.63, 3.8) is 0 Å². The van der Waals surface area contributed by atoms with Gasteiger partial charge in [0.2, 0.25) is 0 Å². The van der Waals surface area contributed by atoms with E-state index in [4.69, 9.17) is 16.7 Å². The number of urea groups is 1. The van der Waals surface area contributed by atoms with Crippen molar-refractivity contribution < 1.29 is 19.1 Å². The van der Waals surface area contributed by atoms with E-state index in [9.17, 15) is 14.0 Å². The van der Waals surface area contributed by atoms with Gasteiger partial charge in [-0.05, 0) is 18.2 Å². The first kappa shape index (κ1) is 15.9. The Bertz CT molecular complexity index is 558. The number of anilines is 1. The molecule has 1 aliphatic rings. The zero-order valence-corrected chi connectivity index (χ0v) is 12.6. The van der Waals surface area contributed by atoms with Crippen LogP contribution in [0.2, 0.25) is 5.02 Å². The fourth-order valence-corrected chi connectivity index (χ4v) is 3.29. The number of hydrogen-bond donors (Lipinski definition) is 2. The largest absolute Gasteiger partial charge is 0.481 e. The maximum absolute atomic E-state index is 13.7. The Kier molecular flexibility index (Phi) is 5.30. The molecule has 0 radical (unpaired) electrons. The highest BCUT2D eigenvalue weighted by Crippen LogP contribution is 2.22. The Morgan fingerprint density at radius 1 is 1.52 bits per heavy atom. The number of amides is 2. The molecule has 1 aromatic rings. The van der Waals surface area contributed by atoms with Gasteiger partial charge in [0.15, 0.2) is 0 Å². The van der Waals surface area contributed by atoms with Crippen LogP contribution in [0.3, 0.4) is 0 Å². The molecule has 0 aromatic heterocycles. The smallest absolute Gasteiger partial charge is 0.322 e. The van der Waals surface area contributed by atoms with Crippen LogP contribution in [-0.4, -0.2) is 46.1 Å². The van der Waals surface area contributed by atoms with Gasteiger partial charge >= 0.3 is 12.0 Å². The number of hydrogen-bond acceptors (Lipinski definition) is 3. The zero-order chi connectivity index (χ0) is 15.4. The maximum Gasteiger partial charge on any atom is 0.322 e. The summed E-state index contributed by atoms with van der Waals surface area (Å²) in [5, 5.41) is 11.6. The summed E-state index contributed by atoms with van der Waals surface area (Å²) >= 11 is 7.25. The SMILES string of the molecule is O=C(O)CC1CSCCN1C(=O)Nc1ccc(Cl)cc1F. The molecule has 1 aliphatic heterocycles. The number of rotatable bonds is 3. The molecule has 8 heteroatoms. The number of carbonyl (C=O) groups excluding carboxylic acids is 1. The van der Waals surface area contributed by atoms with E-state index in [1.807, 2.05) is 0 Å². The van der Waals surface area contributed by atoms with E-state index >= 15 is 0 Å². The molecule has 0 saturated carbocycles. The van der Waals surface area contributed by atoms with Crippen molar-refractivity contribution in [3.05, 3.63) is 29.0 Å². The van der Waals surface area contributed by atoms with Gasteiger partial charge in [0, 0.05) is 23.1 Å². The molecule has 1 heterocycles. The highest BCUT2D eigenvalue weighted by Gasteiger charge is 2.29. The fraction of sp³-hybridized carbons (Fsp3) is 0.385. The van der Waals surface area contributed by atoms with Gasteiger partial charge in [-0.25, -0.2) is 9.18 Å². The Balaban J connectivity index is 2.08. The average molecular weight is 333 g/mol. The highest BCUT2D eigenvalue weighted by atomic mass is 35.5. The van der Waals surface area contributed by atoms with E-state index in [1.165, 1.54) is 17.0 Å². The van der Waals surface area contributed by atoms with Gasteiger partial charge in [0.25, 0.3) is 0 Å². The lowest BCUT2D eigenvalue weighted by atomic mass is 10.2. The molecule has 0 spiro atoms. The molecule has 2 rings (SSSR count). The number of nitrogens with one attached hydrogen (secondary N) is 1. The van der Waals surface area contributed by atoms with Crippen molar-refractivity contribution >= 4 is 41.1 Å². The lowest BCUT2D eigenvalue weighted by Gasteiger charge is -2.34. The average Bonchev–Trinajstić information content (AvgIpc) is 2.42. The van der Waals surface area contributed by atoms with Gasteiger partial charge in [-0.3, -0.25) is 4.79 Å². The van der Waals surface area contributed by atoms with E-state index < -0.39 is 23.9 Å². The molecule has 1 unspecified atom stereocenters. The predicted molar refractivity (Wildman–Crippen MR) is 80.5 cm³/mol. The van der Waals surface area contributed by atoms with Crippen LogP contribution >= 0.6 is 23.4 Å². The highest BCUT2D eigenvalue weighted by molar-refractivity contribution is 7.99. The molecule has 1 aromatic carbocycles. The number of thioether (sulfide) groups is 1. The molecule has 21 heavy (non-hydrogen) atoms. The Morgan fingerprint density at radius 3 is 2.95 bits per heavy atom. The van der Waals surface area contributed by atoms with E-state index in [0.29, 0.717) is 12.3 Å². The first-order chi connectivity index (χ1) is 9.97. The molecule has 0 bridgehead atoms.